The van der Waals surface area contributed by atoms with Crippen LogP contribution in [0.1, 0.15) is 45.1 Å². The zero-order valence-corrected chi connectivity index (χ0v) is 11.6. The van der Waals surface area contributed by atoms with E-state index in [2.05, 4.69) is 37.4 Å². The summed E-state index contributed by atoms with van der Waals surface area (Å²) in [6.45, 7) is 6.20. The van der Waals surface area contributed by atoms with Gasteiger partial charge in [0, 0.05) is 6.54 Å². The Labute approximate surface area is 111 Å². The number of benzene rings is 1. The van der Waals surface area contributed by atoms with Crippen molar-refractivity contribution >= 4 is 0 Å². The lowest BCUT2D eigenvalue weighted by Crippen LogP contribution is -2.21. The monoisotopic (exact) mass is 247 g/mol. The molecule has 0 atom stereocenters. The average Bonchev–Trinajstić information content (AvgIpc) is 2.26. The van der Waals surface area contributed by atoms with E-state index in [1.165, 1.54) is 31.2 Å². The van der Waals surface area contributed by atoms with Crippen molar-refractivity contribution < 1.29 is 4.74 Å². The van der Waals surface area contributed by atoms with E-state index in [-0.39, 0.29) is 6.10 Å². The normalized spacial score (nSPS) is 15.7. The van der Waals surface area contributed by atoms with E-state index in [4.69, 9.17) is 4.74 Å². The van der Waals surface area contributed by atoms with Gasteiger partial charge in [-0.3, -0.25) is 0 Å². The van der Waals surface area contributed by atoms with E-state index < -0.39 is 0 Å². The number of hydrogen-bond acceptors (Lipinski definition) is 2. The van der Waals surface area contributed by atoms with E-state index in [0.29, 0.717) is 0 Å². The molecule has 100 valence electrons. The maximum Gasteiger partial charge on any atom is 0.120 e. The predicted molar refractivity (Wildman–Crippen MR) is 75.9 cm³/mol. The van der Waals surface area contributed by atoms with Crippen molar-refractivity contribution in [1.82, 2.24) is 5.32 Å². The molecule has 0 spiro atoms. The fourth-order valence-electron chi connectivity index (χ4n) is 2.32. The highest BCUT2D eigenvalue weighted by Crippen LogP contribution is 2.28. The van der Waals surface area contributed by atoms with E-state index in [1.807, 2.05) is 6.07 Å². The van der Waals surface area contributed by atoms with E-state index >= 15 is 0 Å². The minimum atomic E-state index is 0.242. The van der Waals surface area contributed by atoms with Gasteiger partial charge in [-0.25, -0.2) is 0 Å². The Morgan fingerprint density at radius 2 is 2.17 bits per heavy atom. The van der Waals surface area contributed by atoms with Crippen molar-refractivity contribution in [3.8, 4) is 5.75 Å². The Kier molecular flexibility index (Phi) is 5.06. The lowest BCUT2D eigenvalue weighted by molar-refractivity contribution is 0.242. The smallest absolute Gasteiger partial charge is 0.120 e. The fourth-order valence-corrected chi connectivity index (χ4v) is 2.32. The largest absolute Gasteiger partial charge is 0.491 e. The summed E-state index contributed by atoms with van der Waals surface area (Å²) in [5.74, 6) is 1.97. The summed E-state index contributed by atoms with van der Waals surface area (Å²) in [4.78, 5) is 0. The summed E-state index contributed by atoms with van der Waals surface area (Å²) in [5, 5.41) is 3.53. The predicted octanol–water partition coefficient (Wildman–Crippen LogP) is 3.75. The molecule has 1 fully saturated rings. The fraction of sp³-hybridized carbons (Fsp3) is 0.625. The molecule has 18 heavy (non-hydrogen) atoms. The third kappa shape index (κ3) is 4.34. The first-order valence-corrected chi connectivity index (χ1v) is 7.20. The first-order chi connectivity index (χ1) is 8.74. The molecule has 1 aromatic rings. The summed E-state index contributed by atoms with van der Waals surface area (Å²) in [6, 6.07) is 8.39. The first-order valence-electron chi connectivity index (χ1n) is 7.20. The SMILES string of the molecule is CC(C)Oc1cccc(CNCCC2CCC2)c1. The van der Waals surface area contributed by atoms with Crippen LogP contribution >= 0.6 is 0 Å². The van der Waals surface area contributed by atoms with Crippen molar-refractivity contribution in [1.29, 1.82) is 0 Å². The highest BCUT2D eigenvalue weighted by atomic mass is 16.5. The van der Waals surface area contributed by atoms with E-state index in [0.717, 1.165) is 24.8 Å². The summed E-state index contributed by atoms with van der Waals surface area (Å²) in [5.41, 5.74) is 1.31. The van der Waals surface area contributed by atoms with Gasteiger partial charge < -0.3 is 10.1 Å². The average molecular weight is 247 g/mol. The maximum atomic E-state index is 5.70. The van der Waals surface area contributed by atoms with Crippen LogP contribution in [-0.4, -0.2) is 12.6 Å². The second kappa shape index (κ2) is 6.79. The molecule has 0 saturated heterocycles. The third-order valence-corrected chi connectivity index (χ3v) is 3.55. The highest BCUT2D eigenvalue weighted by molar-refractivity contribution is 5.28. The Balaban J connectivity index is 1.70. The van der Waals surface area contributed by atoms with Crippen LogP contribution in [-0.2, 0) is 6.54 Å². The quantitative estimate of drug-likeness (QED) is 0.741. The Morgan fingerprint density at radius 1 is 1.33 bits per heavy atom. The molecule has 1 aliphatic carbocycles. The molecule has 0 bridgehead atoms. The molecule has 0 heterocycles. The summed E-state index contributed by atoms with van der Waals surface area (Å²) in [6.07, 6.45) is 5.91. The van der Waals surface area contributed by atoms with Gasteiger partial charge in [-0.05, 0) is 50.4 Å². The Bertz CT molecular complexity index is 358. The van der Waals surface area contributed by atoms with Crippen LogP contribution in [0.5, 0.6) is 5.75 Å². The van der Waals surface area contributed by atoms with Crippen molar-refractivity contribution in [3.05, 3.63) is 29.8 Å². The molecule has 2 nitrogen and oxygen atoms in total. The first kappa shape index (κ1) is 13.4. The molecule has 0 unspecified atom stereocenters. The number of nitrogens with one attached hydrogen (secondary N) is 1. The molecule has 2 rings (SSSR count). The van der Waals surface area contributed by atoms with Crippen LogP contribution in [0.25, 0.3) is 0 Å². The summed E-state index contributed by atoms with van der Waals surface area (Å²) < 4.78 is 5.70. The van der Waals surface area contributed by atoms with Gasteiger partial charge in [-0.1, -0.05) is 31.4 Å². The van der Waals surface area contributed by atoms with Crippen molar-refractivity contribution in [3.63, 3.8) is 0 Å². The molecule has 0 aliphatic heterocycles. The molecule has 1 aromatic carbocycles. The van der Waals surface area contributed by atoms with Crippen LogP contribution in [0.4, 0.5) is 0 Å². The molecular formula is C16H25NO. The van der Waals surface area contributed by atoms with E-state index in [1.54, 1.807) is 0 Å². The molecular weight excluding hydrogens is 222 g/mol. The van der Waals surface area contributed by atoms with Crippen LogP contribution in [0.3, 0.4) is 0 Å². The van der Waals surface area contributed by atoms with Gasteiger partial charge >= 0.3 is 0 Å². The molecule has 1 N–H and O–H groups in total. The van der Waals surface area contributed by atoms with Crippen molar-refractivity contribution in [2.24, 2.45) is 5.92 Å². The third-order valence-electron chi connectivity index (χ3n) is 3.55. The molecule has 1 saturated carbocycles. The minimum absolute atomic E-state index is 0.242. The second-order valence-corrected chi connectivity index (χ2v) is 5.58. The number of rotatable bonds is 7. The molecule has 2 heteroatoms. The van der Waals surface area contributed by atoms with Gasteiger partial charge in [0.05, 0.1) is 6.10 Å². The molecule has 0 radical (unpaired) electrons. The second-order valence-electron chi connectivity index (χ2n) is 5.58. The zero-order valence-electron chi connectivity index (χ0n) is 11.6. The lowest BCUT2D eigenvalue weighted by Gasteiger charge is -2.25. The standard InChI is InChI=1S/C16H25NO/c1-13(2)18-16-8-4-7-15(11-16)12-17-10-9-14-5-3-6-14/h4,7-8,11,13-14,17H,3,5-6,9-10,12H2,1-2H3. The minimum Gasteiger partial charge on any atom is -0.491 e. The number of ether oxygens (including phenoxy) is 1. The van der Waals surface area contributed by atoms with Crippen LogP contribution < -0.4 is 10.1 Å². The van der Waals surface area contributed by atoms with E-state index in [9.17, 15) is 0 Å². The lowest BCUT2D eigenvalue weighted by atomic mass is 9.83. The summed E-state index contributed by atoms with van der Waals surface area (Å²) >= 11 is 0. The van der Waals surface area contributed by atoms with Gasteiger partial charge in [0.25, 0.3) is 0 Å². The topological polar surface area (TPSA) is 21.3 Å². The van der Waals surface area contributed by atoms with Gasteiger partial charge in [-0.2, -0.15) is 0 Å². The molecule has 0 aromatic heterocycles. The molecule has 0 amide bonds. The van der Waals surface area contributed by atoms with Crippen LogP contribution in [0.2, 0.25) is 0 Å². The Hall–Kier alpha value is -1.02. The maximum absolute atomic E-state index is 5.70. The van der Waals surface area contributed by atoms with Gasteiger partial charge in [0.1, 0.15) is 5.75 Å². The Morgan fingerprint density at radius 3 is 2.83 bits per heavy atom. The van der Waals surface area contributed by atoms with Crippen LogP contribution in [0, 0.1) is 5.92 Å². The molecule has 1 aliphatic rings. The highest BCUT2D eigenvalue weighted by Gasteiger charge is 2.16. The van der Waals surface area contributed by atoms with Crippen molar-refractivity contribution in [2.45, 2.75) is 52.2 Å². The van der Waals surface area contributed by atoms with Crippen molar-refractivity contribution in [2.75, 3.05) is 6.54 Å². The van der Waals surface area contributed by atoms with Crippen LogP contribution in [0.15, 0.2) is 24.3 Å². The van der Waals surface area contributed by atoms with Gasteiger partial charge in [0.2, 0.25) is 0 Å². The number of hydrogen-bond donors (Lipinski definition) is 1. The zero-order chi connectivity index (χ0) is 12.8. The summed E-state index contributed by atoms with van der Waals surface area (Å²) in [7, 11) is 0. The van der Waals surface area contributed by atoms with Gasteiger partial charge in [-0.15, -0.1) is 0 Å². The van der Waals surface area contributed by atoms with Gasteiger partial charge in [0.15, 0.2) is 0 Å².